The Bertz CT molecular complexity index is 658. The topological polar surface area (TPSA) is 55.8 Å². The number of ether oxygens (including phenoxy) is 2. The van der Waals surface area contributed by atoms with E-state index in [0.717, 1.165) is 17.2 Å². The lowest BCUT2D eigenvalue weighted by atomic mass is 9.99. The van der Waals surface area contributed by atoms with E-state index in [0.29, 0.717) is 18.8 Å². The lowest BCUT2D eigenvalue weighted by molar-refractivity contribution is -0.155. The van der Waals surface area contributed by atoms with E-state index < -0.39 is 0 Å². The summed E-state index contributed by atoms with van der Waals surface area (Å²) in [5.41, 5.74) is -0.332. The Labute approximate surface area is 137 Å². The third-order valence-electron chi connectivity index (χ3n) is 3.94. The third kappa shape index (κ3) is 4.45. The lowest BCUT2D eigenvalue weighted by Crippen LogP contribution is -2.38. The van der Waals surface area contributed by atoms with Gasteiger partial charge in [0.15, 0.2) is 0 Å². The highest BCUT2D eigenvalue weighted by molar-refractivity contribution is 5.87. The van der Waals surface area contributed by atoms with Crippen molar-refractivity contribution < 1.29 is 19.4 Å². The molecule has 1 fully saturated rings. The van der Waals surface area contributed by atoms with Gasteiger partial charge in [0.05, 0.1) is 5.60 Å². The largest absolute Gasteiger partial charge is 0.507 e. The molecule has 124 valence electrons. The normalized spacial score (nSPS) is 17.5. The van der Waals surface area contributed by atoms with Gasteiger partial charge in [-0.2, -0.15) is 0 Å². The van der Waals surface area contributed by atoms with Gasteiger partial charge in [0, 0.05) is 18.4 Å². The van der Waals surface area contributed by atoms with Crippen LogP contribution in [-0.4, -0.2) is 29.4 Å². The predicted octanol–water partition coefficient (Wildman–Crippen LogP) is 4.05. The highest BCUT2D eigenvalue weighted by atomic mass is 16.6. The molecule has 4 nitrogen and oxygen atoms in total. The van der Waals surface area contributed by atoms with Crippen LogP contribution in [0.15, 0.2) is 42.5 Å². The van der Waals surface area contributed by atoms with Gasteiger partial charge in [0.1, 0.15) is 11.9 Å². The average molecular weight is 316 g/mol. The van der Waals surface area contributed by atoms with Crippen LogP contribution in [0, 0.1) is 0 Å². The summed E-state index contributed by atoms with van der Waals surface area (Å²) >= 11 is 0. The van der Waals surface area contributed by atoms with Crippen molar-refractivity contribution in [3.05, 3.63) is 42.5 Å². The molecule has 0 saturated carbocycles. The summed E-state index contributed by atoms with van der Waals surface area (Å²) in [6.07, 6.45) is 1.25. The zero-order chi connectivity index (χ0) is 16.9. The molecule has 2 aromatic rings. The van der Waals surface area contributed by atoms with E-state index in [9.17, 15) is 9.90 Å². The van der Waals surface area contributed by atoms with E-state index in [1.807, 2.05) is 57.2 Å². The molecule has 1 heterocycles. The summed E-state index contributed by atoms with van der Waals surface area (Å²) in [6.45, 7) is 6.51. The average Bonchev–Trinajstić information content (AvgIpc) is 2.96. The van der Waals surface area contributed by atoms with Crippen LogP contribution in [0.25, 0.3) is 10.8 Å². The lowest BCUT2D eigenvalue weighted by Gasteiger charge is -2.29. The van der Waals surface area contributed by atoms with Gasteiger partial charge >= 0.3 is 5.97 Å². The molecular formula is C19H24O4. The number of carbonyl (C=O) groups is 1. The van der Waals surface area contributed by atoms with E-state index in [1.54, 1.807) is 6.07 Å². The van der Waals surface area contributed by atoms with Crippen molar-refractivity contribution in [1.82, 2.24) is 0 Å². The molecule has 23 heavy (non-hydrogen) atoms. The molecular weight excluding hydrogens is 292 g/mol. The Morgan fingerprint density at radius 2 is 1.91 bits per heavy atom. The number of phenolic OH excluding ortho intramolecular Hbond substituents is 1. The van der Waals surface area contributed by atoms with E-state index in [2.05, 4.69) is 0 Å². The zero-order valence-corrected chi connectivity index (χ0v) is 13.9. The van der Waals surface area contributed by atoms with Crippen LogP contribution in [0.4, 0.5) is 0 Å². The molecule has 2 aromatic carbocycles. The van der Waals surface area contributed by atoms with Crippen molar-refractivity contribution in [2.75, 3.05) is 6.61 Å². The fraction of sp³-hybridized carbons (Fsp3) is 0.421. The van der Waals surface area contributed by atoms with Crippen LogP contribution in [0.1, 0.15) is 33.6 Å². The summed E-state index contributed by atoms with van der Waals surface area (Å²) in [4.78, 5) is 10.8. The van der Waals surface area contributed by atoms with Crippen molar-refractivity contribution in [3.63, 3.8) is 0 Å². The highest BCUT2D eigenvalue weighted by Gasteiger charge is 2.37. The minimum atomic E-state index is -0.332. The van der Waals surface area contributed by atoms with E-state index >= 15 is 0 Å². The van der Waals surface area contributed by atoms with Crippen molar-refractivity contribution in [1.29, 1.82) is 0 Å². The first-order valence-corrected chi connectivity index (χ1v) is 7.94. The molecule has 0 aromatic heterocycles. The molecule has 1 N–H and O–H groups in total. The number of fused-ring (bicyclic) bond motifs is 1. The first kappa shape index (κ1) is 17.3. The Morgan fingerprint density at radius 3 is 2.52 bits per heavy atom. The molecule has 1 saturated heterocycles. The number of hydrogen-bond acceptors (Lipinski definition) is 4. The predicted molar refractivity (Wildman–Crippen MR) is 90.4 cm³/mol. The fourth-order valence-corrected chi connectivity index (χ4v) is 2.69. The molecule has 1 unspecified atom stereocenters. The maximum Gasteiger partial charge on any atom is 0.306 e. The van der Waals surface area contributed by atoms with Gasteiger partial charge in [-0.15, -0.1) is 0 Å². The number of rotatable bonds is 3. The SMILES string of the molecule is CCOC(C)(C)C1CCC(=O)O1.Oc1cccc2ccccc12. The number of carbonyl (C=O) groups excluding carboxylic acids is 1. The van der Waals surface area contributed by atoms with E-state index in [-0.39, 0.29) is 17.7 Å². The Kier molecular flexibility index (Phi) is 5.61. The van der Waals surface area contributed by atoms with Gasteiger partial charge < -0.3 is 14.6 Å². The van der Waals surface area contributed by atoms with Gasteiger partial charge in [0.2, 0.25) is 0 Å². The van der Waals surface area contributed by atoms with Crippen LogP contribution >= 0.6 is 0 Å². The molecule has 0 bridgehead atoms. The molecule has 0 spiro atoms. The van der Waals surface area contributed by atoms with Crippen molar-refractivity contribution in [3.8, 4) is 5.75 Å². The Hall–Kier alpha value is -2.07. The standard InChI is InChI=1S/C10H8O.C9H16O3/c11-10-7-3-5-8-4-1-2-6-9(8)10;1-4-11-9(2,3)7-5-6-8(10)12-7/h1-7,11H;7H,4-6H2,1-3H3. The van der Waals surface area contributed by atoms with Crippen molar-refractivity contribution >= 4 is 16.7 Å². The fourth-order valence-electron chi connectivity index (χ4n) is 2.69. The van der Waals surface area contributed by atoms with Gasteiger partial charge in [-0.25, -0.2) is 0 Å². The van der Waals surface area contributed by atoms with Crippen LogP contribution in [0.3, 0.4) is 0 Å². The quantitative estimate of drug-likeness (QED) is 0.868. The summed E-state index contributed by atoms with van der Waals surface area (Å²) < 4.78 is 10.6. The minimum absolute atomic E-state index is 0.0649. The Morgan fingerprint density at radius 1 is 1.22 bits per heavy atom. The van der Waals surface area contributed by atoms with Gasteiger partial charge in [-0.1, -0.05) is 36.4 Å². The maximum absolute atomic E-state index is 10.8. The number of cyclic esters (lactones) is 1. The summed E-state index contributed by atoms with van der Waals surface area (Å²) in [5, 5.41) is 11.4. The van der Waals surface area contributed by atoms with Crippen molar-refractivity contribution in [2.45, 2.75) is 45.3 Å². The minimum Gasteiger partial charge on any atom is -0.507 e. The van der Waals surface area contributed by atoms with Gasteiger partial charge in [0.25, 0.3) is 0 Å². The van der Waals surface area contributed by atoms with Gasteiger partial charge in [-0.05, 0) is 38.6 Å². The molecule has 4 heteroatoms. The second kappa shape index (κ2) is 7.47. The first-order valence-electron chi connectivity index (χ1n) is 7.94. The summed E-state index contributed by atoms with van der Waals surface area (Å²) in [6, 6.07) is 13.3. The summed E-state index contributed by atoms with van der Waals surface area (Å²) in [7, 11) is 0. The molecule has 1 aliphatic heterocycles. The third-order valence-corrected chi connectivity index (χ3v) is 3.94. The first-order chi connectivity index (χ1) is 10.9. The molecule has 0 radical (unpaired) electrons. The highest BCUT2D eigenvalue weighted by Crippen LogP contribution is 2.27. The second-order valence-corrected chi connectivity index (χ2v) is 6.05. The van der Waals surface area contributed by atoms with Crippen LogP contribution in [0.2, 0.25) is 0 Å². The second-order valence-electron chi connectivity index (χ2n) is 6.05. The zero-order valence-electron chi connectivity index (χ0n) is 13.9. The number of aromatic hydroxyl groups is 1. The Balaban J connectivity index is 0.000000167. The maximum atomic E-state index is 10.8. The molecule has 1 aliphatic rings. The number of benzene rings is 2. The van der Waals surface area contributed by atoms with Gasteiger partial charge in [-0.3, -0.25) is 4.79 Å². The van der Waals surface area contributed by atoms with E-state index in [4.69, 9.17) is 9.47 Å². The number of esters is 1. The molecule has 0 amide bonds. The molecule has 1 atom stereocenters. The summed E-state index contributed by atoms with van der Waals surface area (Å²) in [5.74, 6) is 0.246. The van der Waals surface area contributed by atoms with Crippen LogP contribution in [-0.2, 0) is 14.3 Å². The number of hydrogen-bond donors (Lipinski definition) is 1. The number of phenols is 1. The van der Waals surface area contributed by atoms with E-state index in [1.165, 1.54) is 0 Å². The van der Waals surface area contributed by atoms with Crippen molar-refractivity contribution in [2.24, 2.45) is 0 Å². The van der Waals surface area contributed by atoms with Crippen LogP contribution in [0.5, 0.6) is 5.75 Å². The molecule has 3 rings (SSSR count). The van der Waals surface area contributed by atoms with Crippen LogP contribution < -0.4 is 0 Å². The smallest absolute Gasteiger partial charge is 0.306 e. The molecule has 0 aliphatic carbocycles. The monoisotopic (exact) mass is 316 g/mol.